The predicted molar refractivity (Wildman–Crippen MR) is 130 cm³/mol. The van der Waals surface area contributed by atoms with Crippen molar-refractivity contribution in [3.8, 4) is 0 Å². The summed E-state index contributed by atoms with van der Waals surface area (Å²) in [5.74, 6) is 0.238. The number of rotatable bonds is 9. The number of imidazole rings is 1. The molecule has 1 heterocycles. The number of benzene rings is 2. The van der Waals surface area contributed by atoms with Crippen molar-refractivity contribution < 1.29 is 13.2 Å². The molecular formula is C23H30N4O3S2. The standard InChI is InChI=1S/C23H30N4O3S2/c1-5-13-27-21-12-11-17(32(24,29)30)14-20(21)26-23(27)31-16(4)22(28)25-19-10-8-7-9-18(19)15(3)6-2/h7-12,14-16H,5-6,13H2,1-4H3,(H,25,28)(H2,24,29,30)/t15-,16+/m1/s1. The van der Waals surface area contributed by atoms with E-state index < -0.39 is 15.3 Å². The summed E-state index contributed by atoms with van der Waals surface area (Å²) < 4.78 is 25.5. The summed E-state index contributed by atoms with van der Waals surface area (Å²) in [5.41, 5.74) is 3.31. The summed E-state index contributed by atoms with van der Waals surface area (Å²) in [6.45, 7) is 8.88. The molecule has 7 nitrogen and oxygen atoms in total. The van der Waals surface area contributed by atoms with Gasteiger partial charge in [-0.2, -0.15) is 0 Å². The number of aromatic nitrogens is 2. The predicted octanol–water partition coefficient (Wildman–Crippen LogP) is 4.73. The maximum Gasteiger partial charge on any atom is 0.238 e. The van der Waals surface area contributed by atoms with Crippen molar-refractivity contribution in [3.63, 3.8) is 0 Å². The van der Waals surface area contributed by atoms with Gasteiger partial charge in [-0.1, -0.05) is 50.7 Å². The molecule has 0 spiro atoms. The first kappa shape index (κ1) is 24.3. The largest absolute Gasteiger partial charge is 0.325 e. The molecular weight excluding hydrogens is 444 g/mol. The molecule has 3 rings (SSSR count). The van der Waals surface area contributed by atoms with Crippen LogP contribution in [0.5, 0.6) is 0 Å². The average Bonchev–Trinajstić information content (AvgIpc) is 3.09. The summed E-state index contributed by atoms with van der Waals surface area (Å²) >= 11 is 1.36. The number of sulfonamides is 1. The molecule has 2 atom stereocenters. The third-order valence-corrected chi connectivity index (χ3v) is 7.47. The number of thioether (sulfide) groups is 1. The molecule has 0 saturated carbocycles. The molecule has 172 valence electrons. The van der Waals surface area contributed by atoms with E-state index in [-0.39, 0.29) is 10.8 Å². The lowest BCUT2D eigenvalue weighted by molar-refractivity contribution is -0.115. The molecule has 0 radical (unpaired) electrons. The molecule has 0 aliphatic rings. The molecule has 9 heteroatoms. The first-order valence-corrected chi connectivity index (χ1v) is 13.2. The lowest BCUT2D eigenvalue weighted by Gasteiger charge is -2.18. The zero-order chi connectivity index (χ0) is 23.5. The minimum absolute atomic E-state index is 0.0233. The van der Waals surface area contributed by atoms with Gasteiger partial charge in [0.05, 0.1) is 21.2 Å². The van der Waals surface area contributed by atoms with Crippen molar-refractivity contribution in [2.45, 2.75) is 68.3 Å². The molecule has 1 aromatic heterocycles. The number of primary sulfonamides is 1. The summed E-state index contributed by atoms with van der Waals surface area (Å²) in [7, 11) is -3.81. The Morgan fingerprint density at radius 2 is 1.91 bits per heavy atom. The third-order valence-electron chi connectivity index (χ3n) is 5.47. The molecule has 0 aliphatic carbocycles. The highest BCUT2D eigenvalue weighted by atomic mass is 32.2. The average molecular weight is 475 g/mol. The van der Waals surface area contributed by atoms with Crippen molar-refractivity contribution in [1.29, 1.82) is 0 Å². The molecule has 3 aromatic rings. The number of nitrogens with zero attached hydrogens (tertiary/aromatic N) is 2. The van der Waals surface area contributed by atoms with Crippen molar-refractivity contribution in [3.05, 3.63) is 48.0 Å². The number of carbonyl (C=O) groups is 1. The monoisotopic (exact) mass is 474 g/mol. The molecule has 3 N–H and O–H groups in total. The molecule has 0 bridgehead atoms. The number of hydrogen-bond donors (Lipinski definition) is 2. The Labute approximate surface area is 193 Å². The highest BCUT2D eigenvalue weighted by Gasteiger charge is 2.21. The van der Waals surface area contributed by atoms with Crippen molar-refractivity contribution in [2.24, 2.45) is 5.14 Å². The Kier molecular flexibility index (Phi) is 7.63. The topological polar surface area (TPSA) is 107 Å². The van der Waals surface area contributed by atoms with E-state index in [1.807, 2.05) is 35.8 Å². The van der Waals surface area contributed by atoms with Crippen LogP contribution in [0.4, 0.5) is 5.69 Å². The number of nitrogens with one attached hydrogen (secondary N) is 1. The number of para-hydroxylation sites is 1. The van der Waals surface area contributed by atoms with Gasteiger partial charge in [0.1, 0.15) is 0 Å². The van der Waals surface area contributed by atoms with Crippen LogP contribution in [0, 0.1) is 0 Å². The van der Waals surface area contributed by atoms with E-state index in [0.717, 1.165) is 29.6 Å². The van der Waals surface area contributed by atoms with Crippen LogP contribution in [0.15, 0.2) is 52.5 Å². The number of hydrogen-bond acceptors (Lipinski definition) is 5. The van der Waals surface area contributed by atoms with E-state index in [2.05, 4.69) is 31.1 Å². The van der Waals surface area contributed by atoms with Gasteiger partial charge in [-0.15, -0.1) is 0 Å². The fraction of sp³-hybridized carbons (Fsp3) is 0.391. The maximum atomic E-state index is 13.0. The molecule has 32 heavy (non-hydrogen) atoms. The van der Waals surface area contributed by atoms with Crippen LogP contribution in [-0.4, -0.2) is 29.1 Å². The Bertz CT molecular complexity index is 1220. The number of nitrogens with two attached hydrogens (primary N) is 1. The zero-order valence-corrected chi connectivity index (χ0v) is 20.5. The van der Waals surface area contributed by atoms with Crippen LogP contribution in [0.1, 0.15) is 52.0 Å². The van der Waals surface area contributed by atoms with Gasteiger partial charge < -0.3 is 9.88 Å². The molecule has 0 aliphatic heterocycles. The minimum Gasteiger partial charge on any atom is -0.325 e. The van der Waals surface area contributed by atoms with Gasteiger partial charge in [0.15, 0.2) is 5.16 Å². The van der Waals surface area contributed by atoms with Gasteiger partial charge in [0, 0.05) is 12.2 Å². The van der Waals surface area contributed by atoms with Crippen LogP contribution < -0.4 is 10.5 Å². The van der Waals surface area contributed by atoms with E-state index in [4.69, 9.17) is 5.14 Å². The van der Waals surface area contributed by atoms with Gasteiger partial charge in [-0.05, 0) is 55.5 Å². The van der Waals surface area contributed by atoms with E-state index in [9.17, 15) is 13.2 Å². The SMILES string of the molecule is CCCn1c(S[C@@H](C)C(=O)Nc2ccccc2[C@H](C)CC)nc2cc(S(N)(=O)=O)ccc21. The lowest BCUT2D eigenvalue weighted by Crippen LogP contribution is -2.23. The van der Waals surface area contributed by atoms with Gasteiger partial charge in [-0.25, -0.2) is 18.5 Å². The van der Waals surface area contributed by atoms with E-state index >= 15 is 0 Å². The number of carbonyl (C=O) groups excluding carboxylic acids is 1. The van der Waals surface area contributed by atoms with Crippen LogP contribution in [0.25, 0.3) is 11.0 Å². The van der Waals surface area contributed by atoms with Gasteiger partial charge in [0.2, 0.25) is 15.9 Å². The second-order valence-corrected chi connectivity index (χ2v) is 10.8. The van der Waals surface area contributed by atoms with Crippen LogP contribution in [0.3, 0.4) is 0 Å². The first-order chi connectivity index (χ1) is 15.2. The fourth-order valence-corrected chi connectivity index (χ4v) is 4.98. The minimum atomic E-state index is -3.81. The third kappa shape index (κ3) is 5.33. The highest BCUT2D eigenvalue weighted by Crippen LogP contribution is 2.31. The quantitative estimate of drug-likeness (QED) is 0.436. The van der Waals surface area contributed by atoms with Crippen molar-refractivity contribution in [1.82, 2.24) is 9.55 Å². The lowest BCUT2D eigenvalue weighted by atomic mass is 9.97. The van der Waals surface area contributed by atoms with Gasteiger partial charge in [0.25, 0.3) is 0 Å². The van der Waals surface area contributed by atoms with Crippen LogP contribution in [0.2, 0.25) is 0 Å². The highest BCUT2D eigenvalue weighted by molar-refractivity contribution is 8.00. The van der Waals surface area contributed by atoms with Gasteiger partial charge in [-0.3, -0.25) is 4.79 Å². The molecule has 0 saturated heterocycles. The van der Waals surface area contributed by atoms with E-state index in [1.54, 1.807) is 6.07 Å². The van der Waals surface area contributed by atoms with Crippen molar-refractivity contribution >= 4 is 44.4 Å². The Morgan fingerprint density at radius 1 is 1.19 bits per heavy atom. The Balaban J connectivity index is 1.87. The van der Waals surface area contributed by atoms with E-state index in [1.165, 1.54) is 23.9 Å². The second kappa shape index (κ2) is 10.1. The first-order valence-electron chi connectivity index (χ1n) is 10.7. The van der Waals surface area contributed by atoms with Crippen molar-refractivity contribution in [2.75, 3.05) is 5.32 Å². The molecule has 1 amide bonds. The molecule has 0 unspecified atom stereocenters. The number of amides is 1. The molecule has 0 fully saturated rings. The van der Waals surface area contributed by atoms with E-state index in [0.29, 0.717) is 23.1 Å². The Hall–Kier alpha value is -2.36. The summed E-state index contributed by atoms with van der Waals surface area (Å²) in [5, 5.41) is 8.61. The number of aryl methyl sites for hydroxylation is 1. The van der Waals surface area contributed by atoms with Crippen LogP contribution >= 0.6 is 11.8 Å². The number of anilines is 1. The number of fused-ring (bicyclic) bond motifs is 1. The Morgan fingerprint density at radius 3 is 2.56 bits per heavy atom. The fourth-order valence-electron chi connectivity index (χ4n) is 3.50. The molecule has 2 aromatic carbocycles. The summed E-state index contributed by atoms with van der Waals surface area (Å²) in [4.78, 5) is 17.6. The zero-order valence-electron chi connectivity index (χ0n) is 18.8. The smallest absolute Gasteiger partial charge is 0.238 e. The second-order valence-electron chi connectivity index (χ2n) is 7.89. The van der Waals surface area contributed by atoms with Crippen LogP contribution in [-0.2, 0) is 21.4 Å². The summed E-state index contributed by atoms with van der Waals surface area (Å²) in [6.07, 6.45) is 1.86. The van der Waals surface area contributed by atoms with Gasteiger partial charge >= 0.3 is 0 Å². The normalized spacial score (nSPS) is 13.8. The summed E-state index contributed by atoms with van der Waals surface area (Å²) in [6, 6.07) is 12.6. The maximum absolute atomic E-state index is 13.0.